The summed E-state index contributed by atoms with van der Waals surface area (Å²) in [4.78, 5) is 34.9. The van der Waals surface area contributed by atoms with Gasteiger partial charge in [-0.05, 0) is 32.9 Å². The van der Waals surface area contributed by atoms with Crippen LogP contribution in [0.3, 0.4) is 0 Å². The number of carbonyl (C=O) groups excluding carboxylic acids is 1. The Bertz CT molecular complexity index is 1370. The maximum atomic E-state index is 13.3. The topological polar surface area (TPSA) is 132 Å². The number of anilines is 1. The predicted octanol–water partition coefficient (Wildman–Crippen LogP) is 3.92. The third kappa shape index (κ3) is 5.22. The van der Waals surface area contributed by atoms with Gasteiger partial charge in [-0.2, -0.15) is 4.98 Å². The molecule has 0 radical (unpaired) electrons. The highest BCUT2D eigenvalue weighted by Crippen LogP contribution is 2.35. The molecule has 4 rings (SSSR count). The maximum Gasteiger partial charge on any atom is 0.317 e. The van der Waals surface area contributed by atoms with Crippen LogP contribution in [0, 0.1) is 6.92 Å². The Balaban J connectivity index is 1.65. The van der Waals surface area contributed by atoms with Crippen LogP contribution in [0.1, 0.15) is 29.9 Å². The molecule has 0 aliphatic carbocycles. The molecule has 0 aliphatic heterocycles. The molecule has 176 valence electrons. The largest absolute Gasteiger partial charge is 0.494 e. The van der Waals surface area contributed by atoms with Crippen molar-refractivity contribution in [1.29, 1.82) is 0 Å². The number of halogens is 1. The van der Waals surface area contributed by atoms with E-state index in [1.54, 1.807) is 45.3 Å². The number of pyridine rings is 2. The molecule has 0 spiro atoms. The summed E-state index contributed by atoms with van der Waals surface area (Å²) in [5.74, 6) is 0.00366. The number of aromatic nitrogens is 5. The van der Waals surface area contributed by atoms with E-state index in [2.05, 4.69) is 30.2 Å². The van der Waals surface area contributed by atoms with Crippen molar-refractivity contribution in [2.75, 3.05) is 19.0 Å². The molecular weight excluding hydrogens is 480 g/mol. The second-order valence-corrected chi connectivity index (χ2v) is 9.31. The first-order valence-corrected chi connectivity index (χ1v) is 11.3. The highest BCUT2D eigenvalue weighted by atomic mass is 35.5. The number of hydrogen-bond donors (Lipinski definition) is 2. The monoisotopic (exact) mass is 500 g/mol. The molecule has 0 saturated heterocycles. The Morgan fingerprint density at radius 3 is 2.76 bits per heavy atom. The number of nitrogens with zero attached hydrogens (tertiary/aromatic N) is 5. The molecular formula is C22H21ClN6O4S. The zero-order chi connectivity index (χ0) is 24.5. The van der Waals surface area contributed by atoms with Crippen LogP contribution in [-0.2, 0) is 0 Å². The Morgan fingerprint density at radius 1 is 1.24 bits per heavy atom. The van der Waals surface area contributed by atoms with Gasteiger partial charge in [-0.15, -0.1) is 0 Å². The van der Waals surface area contributed by atoms with E-state index in [9.17, 15) is 9.90 Å². The first-order chi connectivity index (χ1) is 16.1. The number of carbonyl (C=O) groups is 1. The van der Waals surface area contributed by atoms with Gasteiger partial charge in [0.25, 0.3) is 5.91 Å². The fraction of sp³-hybridized carbons (Fsp3) is 0.273. The summed E-state index contributed by atoms with van der Waals surface area (Å²) < 4.78 is 10.8. The van der Waals surface area contributed by atoms with E-state index in [1.807, 2.05) is 0 Å². The van der Waals surface area contributed by atoms with E-state index in [4.69, 9.17) is 21.1 Å². The number of aliphatic hydroxyl groups is 1. The summed E-state index contributed by atoms with van der Waals surface area (Å²) in [6.45, 7) is 5.05. The number of nitrogens with one attached hydrogen (secondary N) is 1. The van der Waals surface area contributed by atoms with Crippen LogP contribution >= 0.6 is 22.9 Å². The molecule has 0 atom stereocenters. The number of hydrogen-bond acceptors (Lipinski definition) is 10. The van der Waals surface area contributed by atoms with Crippen molar-refractivity contribution in [2.24, 2.45) is 0 Å². The zero-order valence-electron chi connectivity index (χ0n) is 18.8. The fourth-order valence-electron chi connectivity index (χ4n) is 3.07. The van der Waals surface area contributed by atoms with Gasteiger partial charge < -0.3 is 14.6 Å². The van der Waals surface area contributed by atoms with Gasteiger partial charge in [-0.3, -0.25) is 15.1 Å². The average Bonchev–Trinajstić information content (AvgIpc) is 3.17. The normalized spacial score (nSPS) is 11.5. The van der Waals surface area contributed by atoms with Crippen LogP contribution < -0.4 is 14.8 Å². The van der Waals surface area contributed by atoms with Gasteiger partial charge in [-0.25, -0.2) is 15.0 Å². The molecule has 1 amide bonds. The second kappa shape index (κ2) is 9.45. The number of rotatable bonds is 7. The number of thiazole rings is 1. The van der Waals surface area contributed by atoms with Crippen molar-refractivity contribution in [3.8, 4) is 22.9 Å². The predicted molar refractivity (Wildman–Crippen MR) is 129 cm³/mol. The minimum Gasteiger partial charge on any atom is -0.494 e. The van der Waals surface area contributed by atoms with E-state index < -0.39 is 11.5 Å². The number of fused-ring (bicyclic) bond motifs is 1. The third-order valence-corrected chi connectivity index (χ3v) is 5.68. The number of ether oxygens (including phenoxy) is 2. The SMILES string of the molecule is COc1cnccc1-c1cc(C)nc(Cl)c1C(=O)Nc1nc2cnc(OCC(C)(C)O)nc2s1. The Hall–Kier alpha value is -3.41. The first-order valence-electron chi connectivity index (χ1n) is 10.1. The molecule has 0 bridgehead atoms. The van der Waals surface area contributed by atoms with E-state index in [1.165, 1.54) is 13.3 Å². The maximum absolute atomic E-state index is 13.3. The van der Waals surface area contributed by atoms with Crippen LogP contribution in [0.15, 0.2) is 30.7 Å². The van der Waals surface area contributed by atoms with Gasteiger partial charge in [0.2, 0.25) is 0 Å². The lowest BCUT2D eigenvalue weighted by Crippen LogP contribution is -2.28. The molecule has 10 nitrogen and oxygen atoms in total. The van der Waals surface area contributed by atoms with Gasteiger partial charge in [0, 0.05) is 23.0 Å². The minimum atomic E-state index is -1.03. The summed E-state index contributed by atoms with van der Waals surface area (Å²) >= 11 is 7.56. The number of amides is 1. The lowest BCUT2D eigenvalue weighted by Gasteiger charge is -2.16. The fourth-order valence-corrected chi connectivity index (χ4v) is 4.19. The summed E-state index contributed by atoms with van der Waals surface area (Å²) in [5.41, 5.74) is 1.48. The second-order valence-electron chi connectivity index (χ2n) is 7.97. The highest BCUT2D eigenvalue weighted by molar-refractivity contribution is 7.22. The van der Waals surface area contributed by atoms with Gasteiger partial charge in [-0.1, -0.05) is 22.9 Å². The van der Waals surface area contributed by atoms with E-state index in [0.717, 1.165) is 11.3 Å². The van der Waals surface area contributed by atoms with Crippen LogP contribution in [0.5, 0.6) is 11.8 Å². The molecule has 0 aromatic carbocycles. The zero-order valence-corrected chi connectivity index (χ0v) is 20.4. The van der Waals surface area contributed by atoms with Crippen molar-refractivity contribution in [3.05, 3.63) is 47.1 Å². The van der Waals surface area contributed by atoms with Crippen molar-refractivity contribution in [1.82, 2.24) is 24.9 Å². The third-order valence-electron chi connectivity index (χ3n) is 4.53. The van der Waals surface area contributed by atoms with E-state index in [0.29, 0.717) is 38.0 Å². The van der Waals surface area contributed by atoms with Gasteiger partial charge in [0.1, 0.15) is 23.0 Å². The standard InChI is InChI=1S/C22H21ClN6O4S/c1-11-7-13(12-5-6-24-9-15(12)32-4)16(17(23)26-11)18(30)28-21-27-14-8-25-20(29-19(14)34-21)33-10-22(2,3)31/h5-9,31H,10H2,1-4H3,(H,27,28,30). The molecule has 0 fully saturated rings. The summed E-state index contributed by atoms with van der Waals surface area (Å²) in [7, 11) is 1.53. The van der Waals surface area contributed by atoms with Gasteiger partial charge in [0.15, 0.2) is 9.96 Å². The lowest BCUT2D eigenvalue weighted by atomic mass is 10.0. The van der Waals surface area contributed by atoms with Crippen LogP contribution in [-0.4, -0.2) is 55.3 Å². The molecule has 2 N–H and O–H groups in total. The van der Waals surface area contributed by atoms with Crippen molar-refractivity contribution in [2.45, 2.75) is 26.4 Å². The molecule has 4 aromatic rings. The summed E-state index contributed by atoms with van der Waals surface area (Å²) in [5, 5.41) is 12.9. The smallest absolute Gasteiger partial charge is 0.317 e. The van der Waals surface area contributed by atoms with Gasteiger partial charge in [0.05, 0.1) is 30.7 Å². The lowest BCUT2D eigenvalue weighted by molar-refractivity contribution is 0.0251. The molecule has 0 unspecified atom stereocenters. The Morgan fingerprint density at radius 2 is 2.03 bits per heavy atom. The minimum absolute atomic E-state index is 0.0288. The molecule has 0 saturated carbocycles. The Labute approximate surface area is 204 Å². The Kier molecular flexibility index (Phi) is 6.60. The highest BCUT2D eigenvalue weighted by Gasteiger charge is 2.23. The van der Waals surface area contributed by atoms with Gasteiger partial charge >= 0.3 is 6.01 Å². The molecule has 34 heavy (non-hydrogen) atoms. The van der Waals surface area contributed by atoms with Crippen molar-refractivity contribution >= 4 is 44.3 Å². The van der Waals surface area contributed by atoms with E-state index in [-0.39, 0.29) is 23.3 Å². The van der Waals surface area contributed by atoms with E-state index >= 15 is 0 Å². The van der Waals surface area contributed by atoms with Crippen LogP contribution in [0.4, 0.5) is 5.13 Å². The quantitative estimate of drug-likeness (QED) is 0.362. The molecule has 4 heterocycles. The molecule has 12 heteroatoms. The first kappa shape index (κ1) is 23.7. The summed E-state index contributed by atoms with van der Waals surface area (Å²) in [6.07, 6.45) is 4.65. The van der Waals surface area contributed by atoms with Crippen molar-refractivity contribution in [3.63, 3.8) is 0 Å². The summed E-state index contributed by atoms with van der Waals surface area (Å²) in [6, 6.07) is 3.60. The number of aryl methyl sites for hydroxylation is 1. The van der Waals surface area contributed by atoms with Crippen LogP contribution in [0.25, 0.3) is 21.5 Å². The van der Waals surface area contributed by atoms with Crippen molar-refractivity contribution < 1.29 is 19.4 Å². The molecule has 0 aliphatic rings. The molecule has 4 aromatic heterocycles. The number of methoxy groups -OCH3 is 1. The van der Waals surface area contributed by atoms with Crippen LogP contribution in [0.2, 0.25) is 5.15 Å². The average molecular weight is 501 g/mol.